The highest BCUT2D eigenvalue weighted by atomic mass is 16.4. The first-order valence-electron chi connectivity index (χ1n) is 6.18. The molecule has 1 aromatic rings. The summed E-state index contributed by atoms with van der Waals surface area (Å²) in [7, 11) is 0. The van der Waals surface area contributed by atoms with Gasteiger partial charge < -0.3 is 10.0 Å². The quantitative estimate of drug-likeness (QED) is 0.786. The molecule has 18 heavy (non-hydrogen) atoms. The lowest BCUT2D eigenvalue weighted by Gasteiger charge is -2.27. The highest BCUT2D eigenvalue weighted by molar-refractivity contribution is 5.85. The Morgan fingerprint density at radius 2 is 2.22 bits per heavy atom. The van der Waals surface area contributed by atoms with Crippen molar-refractivity contribution in [3.05, 3.63) is 30.0 Å². The SMILES string of the molecule is CCCN(c1ccc(/C=C/C(=O)O)cn1)C(C)C. The molecule has 0 radical (unpaired) electrons. The predicted molar refractivity (Wildman–Crippen MR) is 73.7 cm³/mol. The number of hydrogen-bond acceptors (Lipinski definition) is 3. The van der Waals surface area contributed by atoms with E-state index >= 15 is 0 Å². The average Bonchev–Trinajstić information content (AvgIpc) is 2.34. The van der Waals surface area contributed by atoms with Crippen LogP contribution >= 0.6 is 0 Å². The summed E-state index contributed by atoms with van der Waals surface area (Å²) in [4.78, 5) is 17.0. The summed E-state index contributed by atoms with van der Waals surface area (Å²) in [6.45, 7) is 7.37. The van der Waals surface area contributed by atoms with Crippen LogP contribution in [0.15, 0.2) is 24.4 Å². The number of nitrogens with zero attached hydrogens (tertiary/aromatic N) is 2. The van der Waals surface area contributed by atoms with Gasteiger partial charge in [0.25, 0.3) is 0 Å². The van der Waals surface area contributed by atoms with Crippen molar-refractivity contribution in [2.45, 2.75) is 33.2 Å². The Morgan fingerprint density at radius 3 is 2.67 bits per heavy atom. The van der Waals surface area contributed by atoms with Crippen molar-refractivity contribution in [3.8, 4) is 0 Å². The van der Waals surface area contributed by atoms with Gasteiger partial charge in [0.2, 0.25) is 0 Å². The average molecular weight is 248 g/mol. The maximum absolute atomic E-state index is 10.4. The zero-order chi connectivity index (χ0) is 13.5. The molecular formula is C14H20N2O2. The lowest BCUT2D eigenvalue weighted by molar-refractivity contribution is -0.131. The minimum absolute atomic E-state index is 0.401. The van der Waals surface area contributed by atoms with E-state index in [4.69, 9.17) is 5.11 Å². The third kappa shape index (κ3) is 4.20. The van der Waals surface area contributed by atoms with Gasteiger partial charge in [-0.3, -0.25) is 0 Å². The molecule has 0 saturated carbocycles. The molecule has 0 bridgehead atoms. The van der Waals surface area contributed by atoms with E-state index < -0.39 is 5.97 Å². The van der Waals surface area contributed by atoms with Crippen LogP contribution in [0.3, 0.4) is 0 Å². The Kier molecular flexibility index (Phi) is 5.36. The fourth-order valence-electron chi connectivity index (χ4n) is 1.71. The van der Waals surface area contributed by atoms with E-state index in [0.29, 0.717) is 6.04 Å². The molecule has 0 atom stereocenters. The summed E-state index contributed by atoms with van der Waals surface area (Å²) >= 11 is 0. The molecule has 4 nitrogen and oxygen atoms in total. The molecule has 0 spiro atoms. The minimum Gasteiger partial charge on any atom is -0.478 e. The number of aliphatic carboxylic acids is 1. The van der Waals surface area contributed by atoms with Crippen LogP contribution in [-0.2, 0) is 4.79 Å². The van der Waals surface area contributed by atoms with Gasteiger partial charge in [-0.25, -0.2) is 9.78 Å². The molecule has 0 fully saturated rings. The van der Waals surface area contributed by atoms with Crippen molar-refractivity contribution < 1.29 is 9.90 Å². The second kappa shape index (κ2) is 6.79. The summed E-state index contributed by atoms with van der Waals surface area (Å²) in [5.74, 6) is -0.0202. The lowest BCUT2D eigenvalue weighted by Crippen LogP contribution is -2.32. The smallest absolute Gasteiger partial charge is 0.328 e. The maximum Gasteiger partial charge on any atom is 0.328 e. The van der Waals surface area contributed by atoms with E-state index in [9.17, 15) is 4.79 Å². The van der Waals surface area contributed by atoms with Gasteiger partial charge in [0.15, 0.2) is 0 Å². The van der Waals surface area contributed by atoms with Gasteiger partial charge in [0, 0.05) is 24.9 Å². The molecule has 0 amide bonds. The summed E-state index contributed by atoms with van der Waals surface area (Å²) in [6.07, 6.45) is 5.42. The van der Waals surface area contributed by atoms with Crippen molar-refractivity contribution in [2.75, 3.05) is 11.4 Å². The number of hydrogen-bond donors (Lipinski definition) is 1. The predicted octanol–water partition coefficient (Wildman–Crippen LogP) is 2.80. The van der Waals surface area contributed by atoms with Crippen LogP contribution in [0.25, 0.3) is 6.08 Å². The van der Waals surface area contributed by atoms with Gasteiger partial charge in [-0.05, 0) is 44.0 Å². The molecule has 0 aliphatic carbocycles. The van der Waals surface area contributed by atoms with Crippen LogP contribution in [0.4, 0.5) is 5.82 Å². The zero-order valence-electron chi connectivity index (χ0n) is 11.1. The molecule has 0 aliphatic rings. The van der Waals surface area contributed by atoms with E-state index in [1.54, 1.807) is 12.3 Å². The largest absolute Gasteiger partial charge is 0.478 e. The first-order chi connectivity index (χ1) is 8.54. The van der Waals surface area contributed by atoms with Crippen LogP contribution in [0, 0.1) is 0 Å². The van der Waals surface area contributed by atoms with Gasteiger partial charge in [0.1, 0.15) is 5.82 Å². The molecular weight excluding hydrogens is 228 g/mol. The van der Waals surface area contributed by atoms with Crippen LogP contribution < -0.4 is 4.90 Å². The van der Waals surface area contributed by atoms with Crippen molar-refractivity contribution in [2.24, 2.45) is 0 Å². The van der Waals surface area contributed by atoms with Gasteiger partial charge in [-0.1, -0.05) is 6.92 Å². The van der Waals surface area contributed by atoms with Crippen LogP contribution in [-0.4, -0.2) is 28.6 Å². The number of carboxylic acid groups (broad SMARTS) is 1. The van der Waals surface area contributed by atoms with Crippen molar-refractivity contribution >= 4 is 17.9 Å². The molecule has 0 saturated heterocycles. The molecule has 0 aromatic carbocycles. The van der Waals surface area contributed by atoms with Crippen molar-refractivity contribution in [1.29, 1.82) is 0 Å². The standard InChI is InChI=1S/C14H20N2O2/c1-4-9-16(11(2)3)13-7-5-12(10-15-13)6-8-14(17)18/h5-8,10-11H,4,9H2,1-3H3,(H,17,18)/b8-6+. The van der Waals surface area contributed by atoms with E-state index in [1.807, 2.05) is 12.1 Å². The molecule has 4 heteroatoms. The van der Waals surface area contributed by atoms with Gasteiger partial charge in [-0.15, -0.1) is 0 Å². The van der Waals surface area contributed by atoms with Crippen LogP contribution in [0.5, 0.6) is 0 Å². The van der Waals surface area contributed by atoms with E-state index in [-0.39, 0.29) is 0 Å². The number of aromatic nitrogens is 1. The summed E-state index contributed by atoms with van der Waals surface area (Å²) in [6, 6.07) is 4.21. The van der Waals surface area contributed by atoms with E-state index in [1.165, 1.54) is 0 Å². The summed E-state index contributed by atoms with van der Waals surface area (Å²) < 4.78 is 0. The van der Waals surface area contributed by atoms with Gasteiger partial charge >= 0.3 is 5.97 Å². The maximum atomic E-state index is 10.4. The minimum atomic E-state index is -0.950. The first kappa shape index (κ1) is 14.2. The number of anilines is 1. The number of carbonyl (C=O) groups is 1. The fraction of sp³-hybridized carbons (Fsp3) is 0.429. The normalized spacial score (nSPS) is 11.1. The molecule has 1 heterocycles. The Balaban J connectivity index is 2.83. The Morgan fingerprint density at radius 1 is 1.50 bits per heavy atom. The van der Waals surface area contributed by atoms with E-state index in [0.717, 1.165) is 30.4 Å². The van der Waals surface area contributed by atoms with Gasteiger partial charge in [-0.2, -0.15) is 0 Å². The molecule has 0 unspecified atom stereocenters. The third-order valence-corrected chi connectivity index (χ3v) is 2.57. The second-order valence-corrected chi connectivity index (χ2v) is 4.41. The molecule has 0 aliphatic heterocycles. The molecule has 1 rings (SSSR count). The Bertz CT molecular complexity index is 410. The van der Waals surface area contributed by atoms with Crippen LogP contribution in [0.1, 0.15) is 32.8 Å². The fourth-order valence-corrected chi connectivity index (χ4v) is 1.71. The lowest BCUT2D eigenvalue weighted by atomic mass is 10.2. The number of carboxylic acids is 1. The molecule has 1 aromatic heterocycles. The zero-order valence-corrected chi connectivity index (χ0v) is 11.1. The summed E-state index contributed by atoms with van der Waals surface area (Å²) in [5.41, 5.74) is 0.793. The van der Waals surface area contributed by atoms with E-state index in [2.05, 4.69) is 30.7 Å². The highest BCUT2D eigenvalue weighted by Crippen LogP contribution is 2.15. The highest BCUT2D eigenvalue weighted by Gasteiger charge is 2.09. The third-order valence-electron chi connectivity index (χ3n) is 2.57. The molecule has 1 N–H and O–H groups in total. The van der Waals surface area contributed by atoms with Crippen molar-refractivity contribution in [1.82, 2.24) is 4.98 Å². The van der Waals surface area contributed by atoms with Crippen molar-refractivity contribution in [3.63, 3.8) is 0 Å². The summed E-state index contributed by atoms with van der Waals surface area (Å²) in [5, 5.41) is 8.54. The first-order valence-corrected chi connectivity index (χ1v) is 6.18. The Labute approximate surface area is 108 Å². The molecule has 98 valence electrons. The monoisotopic (exact) mass is 248 g/mol. The number of pyridine rings is 1. The van der Waals surface area contributed by atoms with Crippen LogP contribution in [0.2, 0.25) is 0 Å². The topological polar surface area (TPSA) is 53.4 Å². The Hall–Kier alpha value is -1.84. The number of rotatable bonds is 6. The second-order valence-electron chi connectivity index (χ2n) is 4.41. The van der Waals surface area contributed by atoms with Gasteiger partial charge in [0.05, 0.1) is 0 Å².